The van der Waals surface area contributed by atoms with Gasteiger partial charge in [0.15, 0.2) is 0 Å². The molecule has 0 aliphatic carbocycles. The Balaban J connectivity index is 1.12. The van der Waals surface area contributed by atoms with Gasteiger partial charge >= 0.3 is 0 Å². The molecule has 1 amide bonds. The minimum absolute atomic E-state index is 0.00696. The molecule has 9 heteroatoms. The number of hydrogen-bond acceptors (Lipinski definition) is 7. The molecular weight excluding hydrogens is 552 g/mol. The van der Waals surface area contributed by atoms with Crippen molar-refractivity contribution in [2.24, 2.45) is 5.92 Å². The first kappa shape index (κ1) is 27.4. The summed E-state index contributed by atoms with van der Waals surface area (Å²) in [7, 11) is -4.00. The summed E-state index contributed by atoms with van der Waals surface area (Å²) in [6, 6.07) is 31.6. The second kappa shape index (κ2) is 11.6. The van der Waals surface area contributed by atoms with Crippen LogP contribution in [0.5, 0.6) is 11.5 Å². The lowest BCUT2D eigenvalue weighted by molar-refractivity contribution is 0.0504. The summed E-state index contributed by atoms with van der Waals surface area (Å²) in [6.07, 6.45) is -0.411. The van der Waals surface area contributed by atoms with Crippen LogP contribution in [-0.2, 0) is 23.1 Å². The van der Waals surface area contributed by atoms with Crippen LogP contribution in [0.3, 0.4) is 0 Å². The maximum Gasteiger partial charge on any atom is 0.265 e. The zero-order chi connectivity index (χ0) is 29.1. The number of para-hydroxylation sites is 1. The van der Waals surface area contributed by atoms with Gasteiger partial charge in [0, 0.05) is 22.4 Å². The van der Waals surface area contributed by atoms with Gasteiger partial charge < -0.3 is 14.6 Å². The predicted molar refractivity (Wildman–Crippen MR) is 158 cm³/mol. The van der Waals surface area contributed by atoms with Gasteiger partial charge in [-0.15, -0.1) is 0 Å². The average molecular weight is 581 g/mol. The molecule has 0 saturated heterocycles. The number of aliphatic hydroxyl groups is 1. The van der Waals surface area contributed by atoms with Gasteiger partial charge in [0.25, 0.3) is 15.9 Å². The minimum atomic E-state index is -4.00. The second-order valence-corrected chi connectivity index (χ2v) is 11.8. The smallest absolute Gasteiger partial charge is 0.265 e. The Bertz CT molecular complexity index is 1860. The maximum absolute atomic E-state index is 12.8. The van der Waals surface area contributed by atoms with Gasteiger partial charge in [0.1, 0.15) is 18.1 Å². The zero-order valence-electron chi connectivity index (χ0n) is 22.5. The molecule has 0 radical (unpaired) electrons. The molecule has 1 aliphatic heterocycles. The van der Waals surface area contributed by atoms with Crippen molar-refractivity contribution in [2.45, 2.75) is 24.0 Å². The highest BCUT2D eigenvalue weighted by Gasteiger charge is 2.30. The highest BCUT2D eigenvalue weighted by atomic mass is 32.2. The molecule has 0 saturated carbocycles. The molecule has 0 spiro atoms. The molecule has 6 rings (SSSR count). The number of sulfonamides is 1. The molecular formula is C33H28N2O6S. The third-order valence-corrected chi connectivity index (χ3v) is 8.56. The van der Waals surface area contributed by atoms with Gasteiger partial charge in [-0.05, 0) is 66.6 Å². The van der Waals surface area contributed by atoms with E-state index < -0.39 is 22.0 Å². The number of pyridine rings is 1. The van der Waals surface area contributed by atoms with Gasteiger partial charge in [-0.3, -0.25) is 4.79 Å². The molecule has 2 atom stereocenters. The van der Waals surface area contributed by atoms with Crippen molar-refractivity contribution in [3.8, 4) is 11.5 Å². The van der Waals surface area contributed by atoms with E-state index in [9.17, 15) is 18.3 Å². The highest BCUT2D eigenvalue weighted by molar-refractivity contribution is 7.90. The van der Waals surface area contributed by atoms with Crippen molar-refractivity contribution >= 4 is 26.8 Å². The molecule has 1 aliphatic rings. The van der Waals surface area contributed by atoms with Crippen molar-refractivity contribution < 1.29 is 27.8 Å². The number of nitrogens with one attached hydrogen (secondary N) is 1. The molecule has 0 unspecified atom stereocenters. The Hall–Kier alpha value is -4.73. The molecule has 8 nitrogen and oxygen atoms in total. The molecule has 42 heavy (non-hydrogen) atoms. The first-order valence-corrected chi connectivity index (χ1v) is 15.0. The van der Waals surface area contributed by atoms with Gasteiger partial charge in [-0.2, -0.15) is 0 Å². The lowest BCUT2D eigenvalue weighted by Crippen LogP contribution is -2.31. The maximum atomic E-state index is 12.8. The molecule has 0 bridgehead atoms. The monoisotopic (exact) mass is 580 g/mol. The summed E-state index contributed by atoms with van der Waals surface area (Å²) in [6.45, 7) is 0.563. The van der Waals surface area contributed by atoms with E-state index in [-0.39, 0.29) is 29.6 Å². The molecule has 212 valence electrons. The summed E-state index contributed by atoms with van der Waals surface area (Å²) in [5, 5.41) is 12.3. The van der Waals surface area contributed by atoms with Crippen LogP contribution < -0.4 is 14.2 Å². The Morgan fingerprint density at radius 2 is 1.74 bits per heavy atom. The molecule has 4 aromatic carbocycles. The summed E-state index contributed by atoms with van der Waals surface area (Å²) >= 11 is 0. The van der Waals surface area contributed by atoms with Gasteiger partial charge in [-0.25, -0.2) is 18.1 Å². The van der Waals surface area contributed by atoms with Crippen LogP contribution in [0.15, 0.2) is 114 Å². The summed E-state index contributed by atoms with van der Waals surface area (Å²) in [5.74, 6) is 0.162. The van der Waals surface area contributed by atoms with Gasteiger partial charge in [0.05, 0.1) is 28.8 Å². The van der Waals surface area contributed by atoms with E-state index in [4.69, 9.17) is 9.47 Å². The van der Waals surface area contributed by atoms with E-state index in [1.165, 1.54) is 12.1 Å². The van der Waals surface area contributed by atoms with Crippen LogP contribution in [0.1, 0.15) is 33.3 Å². The van der Waals surface area contributed by atoms with Crippen LogP contribution in [0.2, 0.25) is 0 Å². The number of carbonyl (C=O) groups excluding carboxylic acids is 1. The van der Waals surface area contributed by atoms with Crippen LogP contribution >= 0.6 is 0 Å². The number of nitrogens with zero attached hydrogens (tertiary/aromatic N) is 1. The van der Waals surface area contributed by atoms with Crippen LogP contribution in [0.4, 0.5) is 0 Å². The van der Waals surface area contributed by atoms with Crippen LogP contribution in [0.25, 0.3) is 10.9 Å². The fourth-order valence-corrected chi connectivity index (χ4v) is 6.01. The number of hydrogen-bond donors (Lipinski definition) is 2. The van der Waals surface area contributed by atoms with E-state index in [0.717, 1.165) is 22.2 Å². The lowest BCUT2D eigenvalue weighted by Gasteiger charge is -2.30. The molecule has 1 aromatic heterocycles. The van der Waals surface area contributed by atoms with Crippen molar-refractivity contribution in [2.75, 3.05) is 6.61 Å². The normalized spacial score (nSPS) is 16.3. The summed E-state index contributed by atoms with van der Waals surface area (Å²) < 4.78 is 39.3. The first-order chi connectivity index (χ1) is 20.4. The largest absolute Gasteiger partial charge is 0.493 e. The number of fused-ring (bicyclic) bond motifs is 2. The Morgan fingerprint density at radius 3 is 2.60 bits per heavy atom. The topological polar surface area (TPSA) is 115 Å². The van der Waals surface area contributed by atoms with E-state index in [1.54, 1.807) is 54.6 Å². The van der Waals surface area contributed by atoms with Gasteiger partial charge in [0.2, 0.25) is 0 Å². The summed E-state index contributed by atoms with van der Waals surface area (Å²) in [4.78, 5) is 17.4. The lowest BCUT2D eigenvalue weighted by atomic mass is 9.87. The third-order valence-electron chi connectivity index (χ3n) is 7.21. The molecule has 5 aromatic rings. The number of amides is 1. The molecule has 2 heterocycles. The number of ether oxygens (including phenoxy) is 2. The second-order valence-electron chi connectivity index (χ2n) is 10.2. The zero-order valence-corrected chi connectivity index (χ0v) is 23.3. The number of carbonyl (C=O) groups is 1. The standard InChI is InChI=1S/C33H28N2O6S/c36-32-25(18-22-7-6-9-24(17-22)33(37)35-42(38,39)28-10-2-1-3-11-28)20-41-31-16-15-27(19-29(31)32)40-21-26-14-13-23-8-4-5-12-30(23)34-26/h1-17,19,25,32,36H,18,20-21H2,(H,35,37)/t25-,32-/m0/s1. The van der Waals surface area contributed by atoms with Gasteiger partial charge in [-0.1, -0.05) is 54.6 Å². The van der Waals surface area contributed by atoms with Crippen molar-refractivity contribution in [3.63, 3.8) is 0 Å². The number of benzene rings is 4. The fourth-order valence-electron chi connectivity index (χ4n) is 5.02. The van der Waals surface area contributed by atoms with E-state index in [1.807, 2.05) is 42.5 Å². The molecule has 2 N–H and O–H groups in total. The average Bonchev–Trinajstić information content (AvgIpc) is 3.02. The minimum Gasteiger partial charge on any atom is -0.493 e. The van der Waals surface area contributed by atoms with Crippen LogP contribution in [-0.4, -0.2) is 31.0 Å². The van der Waals surface area contributed by atoms with Crippen LogP contribution in [0, 0.1) is 5.92 Å². The van der Waals surface area contributed by atoms with Crippen molar-refractivity contribution in [3.05, 3.63) is 132 Å². The first-order valence-electron chi connectivity index (χ1n) is 13.5. The number of rotatable bonds is 8. The van der Waals surface area contributed by atoms with E-state index >= 15 is 0 Å². The molecule has 0 fully saturated rings. The third kappa shape index (κ3) is 5.97. The SMILES string of the molecule is O=C(NS(=O)(=O)c1ccccc1)c1cccc(C[C@H]2COc3ccc(OCc4ccc5ccccc5n4)cc3[C@H]2O)c1. The quantitative estimate of drug-likeness (QED) is 0.259. The Labute approximate surface area is 243 Å². The van der Waals surface area contributed by atoms with E-state index in [0.29, 0.717) is 23.5 Å². The Kier molecular flexibility index (Phi) is 7.60. The predicted octanol–water partition coefficient (Wildman–Crippen LogP) is 5.22. The van der Waals surface area contributed by atoms with Crippen molar-refractivity contribution in [1.82, 2.24) is 9.71 Å². The number of aromatic nitrogens is 1. The fraction of sp³-hybridized carbons (Fsp3) is 0.152. The summed E-state index contributed by atoms with van der Waals surface area (Å²) in [5.41, 5.74) is 3.29. The Morgan fingerprint density at radius 1 is 0.929 bits per heavy atom. The highest BCUT2D eigenvalue weighted by Crippen LogP contribution is 2.39. The number of aliphatic hydroxyl groups excluding tert-OH is 1. The van der Waals surface area contributed by atoms with E-state index in [2.05, 4.69) is 9.71 Å². The van der Waals surface area contributed by atoms with Crippen molar-refractivity contribution in [1.29, 1.82) is 0 Å².